The van der Waals surface area contributed by atoms with E-state index in [1.807, 2.05) is 23.1 Å². The van der Waals surface area contributed by atoms with Gasteiger partial charge >= 0.3 is 0 Å². The molecule has 2 aliphatic rings. The van der Waals surface area contributed by atoms with Gasteiger partial charge in [-0.3, -0.25) is 4.79 Å². The average molecular weight is 343 g/mol. The fraction of sp³-hybridized carbons (Fsp3) is 0.421. The molecule has 2 bridgehead atoms. The van der Waals surface area contributed by atoms with Crippen molar-refractivity contribution in [2.24, 2.45) is 0 Å². The number of thiophene rings is 1. The number of carbonyl (C=O) groups is 1. The van der Waals surface area contributed by atoms with Gasteiger partial charge in [0.05, 0.1) is 30.2 Å². The Labute approximate surface area is 145 Å². The Bertz CT molecular complexity index is 723. The van der Waals surface area contributed by atoms with Crippen molar-refractivity contribution in [3.8, 4) is 0 Å². The maximum absolute atomic E-state index is 13.1. The molecule has 4 rings (SSSR count). The van der Waals surface area contributed by atoms with Crippen LogP contribution in [0.5, 0.6) is 0 Å². The topological polar surface area (TPSA) is 38.8 Å². The van der Waals surface area contributed by atoms with E-state index in [9.17, 15) is 4.79 Å². The van der Waals surface area contributed by atoms with Crippen LogP contribution in [0.4, 0.5) is 0 Å². The molecule has 0 unspecified atom stereocenters. The molecule has 3 atom stereocenters. The quantitative estimate of drug-likeness (QED) is 0.798. The highest BCUT2D eigenvalue weighted by atomic mass is 32.1. The molecular weight excluding hydrogens is 322 g/mol. The van der Waals surface area contributed by atoms with E-state index in [0.717, 1.165) is 27.8 Å². The number of hydrogen-bond acceptors (Lipinski definition) is 4. The molecule has 1 amide bonds. The number of nitrogens with zero attached hydrogens (tertiary/aromatic N) is 1. The van der Waals surface area contributed by atoms with Crippen LogP contribution < -0.4 is 0 Å². The van der Waals surface area contributed by atoms with Gasteiger partial charge in [-0.1, -0.05) is 24.3 Å². The highest BCUT2D eigenvalue weighted by Gasteiger charge is 2.44. The standard InChI is InChI=1S/C19H21NO3S/c1-2-10-23-18-14-7-8-15(18)22-11-9-20(14)19(21)17-12-13-5-3-4-6-16(13)24-17/h2-6,12,14-15,18H,1,7-11H2/t14-,15-,18-/m1/s1. The van der Waals surface area contributed by atoms with Crippen LogP contribution >= 0.6 is 11.3 Å². The summed E-state index contributed by atoms with van der Waals surface area (Å²) in [4.78, 5) is 15.9. The van der Waals surface area contributed by atoms with Crippen molar-refractivity contribution in [1.29, 1.82) is 0 Å². The first-order valence-electron chi connectivity index (χ1n) is 8.41. The zero-order valence-corrected chi connectivity index (χ0v) is 14.3. The second-order valence-electron chi connectivity index (χ2n) is 6.29. The van der Waals surface area contributed by atoms with E-state index in [2.05, 4.69) is 18.7 Å². The maximum Gasteiger partial charge on any atom is 0.264 e. The smallest absolute Gasteiger partial charge is 0.264 e. The molecule has 0 radical (unpaired) electrons. The summed E-state index contributed by atoms with van der Waals surface area (Å²) in [5.74, 6) is 0.0968. The largest absolute Gasteiger partial charge is 0.374 e. The molecule has 1 aromatic heterocycles. The van der Waals surface area contributed by atoms with Gasteiger partial charge in [0.2, 0.25) is 0 Å². The van der Waals surface area contributed by atoms with Crippen molar-refractivity contribution in [3.63, 3.8) is 0 Å². The second-order valence-corrected chi connectivity index (χ2v) is 7.37. The summed E-state index contributed by atoms with van der Waals surface area (Å²) >= 11 is 1.56. The van der Waals surface area contributed by atoms with E-state index in [4.69, 9.17) is 9.47 Å². The molecule has 2 fully saturated rings. The number of benzene rings is 1. The molecule has 1 aliphatic carbocycles. The van der Waals surface area contributed by atoms with E-state index >= 15 is 0 Å². The van der Waals surface area contributed by atoms with Gasteiger partial charge in [0.25, 0.3) is 5.91 Å². The zero-order chi connectivity index (χ0) is 16.5. The molecule has 1 aliphatic heterocycles. The molecule has 5 heteroatoms. The fourth-order valence-electron chi connectivity index (χ4n) is 3.77. The Kier molecular flexibility index (Phi) is 4.39. The predicted molar refractivity (Wildman–Crippen MR) is 95.6 cm³/mol. The van der Waals surface area contributed by atoms with Crippen LogP contribution in [0.15, 0.2) is 43.0 Å². The molecule has 1 saturated carbocycles. The lowest BCUT2D eigenvalue weighted by atomic mass is 10.1. The first kappa shape index (κ1) is 15.8. The highest BCUT2D eigenvalue weighted by Crippen LogP contribution is 2.34. The molecule has 2 heterocycles. The summed E-state index contributed by atoms with van der Waals surface area (Å²) < 4.78 is 13.0. The van der Waals surface area contributed by atoms with Crippen LogP contribution in [0.1, 0.15) is 22.5 Å². The third-order valence-corrected chi connectivity index (χ3v) is 5.96. The zero-order valence-electron chi connectivity index (χ0n) is 13.5. The highest BCUT2D eigenvalue weighted by molar-refractivity contribution is 7.20. The van der Waals surface area contributed by atoms with Crippen molar-refractivity contribution in [1.82, 2.24) is 4.90 Å². The van der Waals surface area contributed by atoms with E-state index in [1.54, 1.807) is 17.4 Å². The second kappa shape index (κ2) is 6.67. The first-order chi connectivity index (χ1) is 11.8. The monoisotopic (exact) mass is 343 g/mol. The summed E-state index contributed by atoms with van der Waals surface area (Å²) in [6, 6.07) is 10.2. The Morgan fingerprint density at radius 2 is 2.29 bits per heavy atom. The number of ether oxygens (including phenoxy) is 2. The van der Waals surface area contributed by atoms with Crippen LogP contribution in [0.2, 0.25) is 0 Å². The molecule has 4 nitrogen and oxygen atoms in total. The average Bonchev–Trinajstić information content (AvgIpc) is 3.13. The van der Waals surface area contributed by atoms with Gasteiger partial charge in [-0.05, 0) is 30.4 Å². The van der Waals surface area contributed by atoms with Crippen LogP contribution in [-0.2, 0) is 9.47 Å². The number of hydrogen-bond donors (Lipinski definition) is 0. The minimum atomic E-state index is -0.0520. The Hall–Kier alpha value is -1.69. The van der Waals surface area contributed by atoms with Gasteiger partial charge in [0.15, 0.2) is 0 Å². The van der Waals surface area contributed by atoms with E-state index in [0.29, 0.717) is 19.8 Å². The van der Waals surface area contributed by atoms with Crippen LogP contribution in [-0.4, -0.2) is 48.8 Å². The lowest BCUT2D eigenvalue weighted by molar-refractivity contribution is -0.0434. The van der Waals surface area contributed by atoms with Crippen molar-refractivity contribution >= 4 is 27.3 Å². The summed E-state index contributed by atoms with van der Waals surface area (Å²) in [5, 5.41) is 1.13. The van der Waals surface area contributed by atoms with Crippen LogP contribution in [0.25, 0.3) is 10.1 Å². The number of fused-ring (bicyclic) bond motifs is 3. The summed E-state index contributed by atoms with van der Waals surface area (Å²) in [5.41, 5.74) is 0. The van der Waals surface area contributed by atoms with Crippen LogP contribution in [0.3, 0.4) is 0 Å². The summed E-state index contributed by atoms with van der Waals surface area (Å²) in [6.45, 7) is 5.41. The van der Waals surface area contributed by atoms with Gasteiger partial charge in [-0.25, -0.2) is 0 Å². The molecule has 2 aromatic rings. The van der Waals surface area contributed by atoms with Crippen molar-refractivity contribution in [2.75, 3.05) is 19.8 Å². The SMILES string of the molecule is C=CCO[C@@H]1[C@H]2CC[C@H]1OCCN2C(=O)c1cc2ccccc2s1. The summed E-state index contributed by atoms with van der Waals surface area (Å²) in [6.07, 6.45) is 3.67. The summed E-state index contributed by atoms with van der Waals surface area (Å²) in [7, 11) is 0. The third-order valence-electron chi connectivity index (χ3n) is 4.86. The molecular formula is C19H21NO3S. The third kappa shape index (κ3) is 2.77. The molecule has 0 N–H and O–H groups in total. The Morgan fingerprint density at radius 1 is 1.42 bits per heavy atom. The van der Waals surface area contributed by atoms with Gasteiger partial charge < -0.3 is 14.4 Å². The van der Waals surface area contributed by atoms with Gasteiger partial charge in [0, 0.05) is 11.2 Å². The predicted octanol–water partition coefficient (Wildman–Crippen LogP) is 3.48. The normalized spacial score (nSPS) is 26.5. The first-order valence-corrected chi connectivity index (χ1v) is 9.23. The molecule has 1 aromatic carbocycles. The van der Waals surface area contributed by atoms with Crippen LogP contribution in [0, 0.1) is 0 Å². The number of carbonyl (C=O) groups excluding carboxylic acids is 1. The van der Waals surface area contributed by atoms with Crippen molar-refractivity contribution in [3.05, 3.63) is 47.9 Å². The van der Waals surface area contributed by atoms with Gasteiger partial charge in [-0.2, -0.15) is 0 Å². The fourth-order valence-corrected chi connectivity index (χ4v) is 4.79. The lowest BCUT2D eigenvalue weighted by Crippen LogP contribution is -2.46. The number of amides is 1. The molecule has 1 saturated heterocycles. The lowest BCUT2D eigenvalue weighted by Gasteiger charge is -2.30. The maximum atomic E-state index is 13.1. The Morgan fingerprint density at radius 3 is 3.12 bits per heavy atom. The minimum Gasteiger partial charge on any atom is -0.374 e. The van der Waals surface area contributed by atoms with E-state index in [-0.39, 0.29) is 24.2 Å². The molecule has 0 spiro atoms. The van der Waals surface area contributed by atoms with E-state index in [1.165, 1.54) is 0 Å². The van der Waals surface area contributed by atoms with Crippen molar-refractivity contribution in [2.45, 2.75) is 31.1 Å². The Balaban J connectivity index is 1.61. The van der Waals surface area contributed by atoms with Crippen molar-refractivity contribution < 1.29 is 14.3 Å². The minimum absolute atomic E-state index is 0.0520. The molecule has 24 heavy (non-hydrogen) atoms. The van der Waals surface area contributed by atoms with Gasteiger partial charge in [-0.15, -0.1) is 17.9 Å². The molecule has 126 valence electrons. The number of rotatable bonds is 4. The van der Waals surface area contributed by atoms with E-state index < -0.39 is 0 Å². The van der Waals surface area contributed by atoms with Gasteiger partial charge in [0.1, 0.15) is 6.10 Å².